The summed E-state index contributed by atoms with van der Waals surface area (Å²) in [5, 5.41) is 0. The zero-order valence-corrected chi connectivity index (χ0v) is 10.5. The largest absolute Gasteiger partial charge is 0.368 e. The summed E-state index contributed by atoms with van der Waals surface area (Å²) in [4.78, 5) is 13.6. The first-order valence-corrected chi connectivity index (χ1v) is 6.61. The van der Waals surface area contributed by atoms with E-state index in [1.165, 1.54) is 12.8 Å². The smallest absolute Gasteiger partial charge is 0.234 e. The Morgan fingerprint density at radius 3 is 2.69 bits per heavy atom. The second-order valence-corrected chi connectivity index (χ2v) is 5.90. The predicted octanol–water partition coefficient (Wildman–Crippen LogP) is 1.62. The summed E-state index contributed by atoms with van der Waals surface area (Å²) < 4.78 is 0. The van der Waals surface area contributed by atoms with E-state index in [-0.39, 0.29) is 11.9 Å². The Balaban J connectivity index is 1.76. The normalized spacial score (nSPS) is 35.3. The fraction of sp³-hybridized carbons (Fsp3) is 0.923. The number of amides is 1. The van der Waals surface area contributed by atoms with Gasteiger partial charge in [-0.05, 0) is 50.0 Å². The molecule has 0 radical (unpaired) electrons. The fourth-order valence-corrected chi connectivity index (χ4v) is 3.18. The molecular weight excluding hydrogens is 200 g/mol. The van der Waals surface area contributed by atoms with Gasteiger partial charge < -0.3 is 5.73 Å². The van der Waals surface area contributed by atoms with Gasteiger partial charge in [-0.3, -0.25) is 9.69 Å². The van der Waals surface area contributed by atoms with Gasteiger partial charge in [0.1, 0.15) is 0 Å². The second kappa shape index (κ2) is 4.74. The van der Waals surface area contributed by atoms with Gasteiger partial charge in [0.15, 0.2) is 0 Å². The van der Waals surface area contributed by atoms with Gasteiger partial charge in [0.05, 0.1) is 6.04 Å². The number of hydrogen-bond donors (Lipinski definition) is 1. The zero-order chi connectivity index (χ0) is 11.7. The van der Waals surface area contributed by atoms with Gasteiger partial charge >= 0.3 is 0 Å². The highest BCUT2D eigenvalue weighted by Gasteiger charge is 2.36. The molecule has 1 atom stereocenters. The first kappa shape index (κ1) is 11.9. The lowest BCUT2D eigenvalue weighted by molar-refractivity contribution is -0.122. The first-order valence-electron chi connectivity index (χ1n) is 6.61. The molecule has 92 valence electrons. The monoisotopic (exact) mass is 224 g/mol. The molecule has 0 bridgehead atoms. The lowest BCUT2D eigenvalue weighted by Gasteiger charge is -2.40. The summed E-state index contributed by atoms with van der Waals surface area (Å²) in [7, 11) is 0. The number of carbonyl (C=O) groups is 1. The molecule has 3 heteroatoms. The molecule has 2 aliphatic rings. The molecule has 1 aliphatic heterocycles. The summed E-state index contributed by atoms with van der Waals surface area (Å²) in [6, 6.07) is 0.0260. The minimum absolute atomic E-state index is 0.0260. The van der Waals surface area contributed by atoms with Crippen molar-refractivity contribution in [3.8, 4) is 0 Å². The maximum absolute atomic E-state index is 11.3. The minimum Gasteiger partial charge on any atom is -0.368 e. The highest BCUT2D eigenvalue weighted by atomic mass is 16.1. The molecule has 16 heavy (non-hydrogen) atoms. The molecule has 0 aromatic carbocycles. The van der Waals surface area contributed by atoms with Crippen LogP contribution in [0.5, 0.6) is 0 Å². The van der Waals surface area contributed by atoms with Gasteiger partial charge in [0, 0.05) is 6.54 Å². The SMILES string of the molecule is CC(C)[C@H]1C[C@@H](CN2CCC[C@H]2C(N)=O)C1. The Bertz CT molecular complexity index is 259. The summed E-state index contributed by atoms with van der Waals surface area (Å²) in [6.07, 6.45) is 4.79. The van der Waals surface area contributed by atoms with Gasteiger partial charge in [0.2, 0.25) is 5.91 Å². The van der Waals surface area contributed by atoms with Crippen molar-refractivity contribution in [3.63, 3.8) is 0 Å². The Kier molecular flexibility index (Phi) is 3.53. The molecule has 2 rings (SSSR count). The number of hydrogen-bond acceptors (Lipinski definition) is 2. The molecule has 1 amide bonds. The van der Waals surface area contributed by atoms with Gasteiger partial charge in [0.25, 0.3) is 0 Å². The third kappa shape index (κ3) is 2.40. The van der Waals surface area contributed by atoms with E-state index in [0.717, 1.165) is 43.7 Å². The molecule has 3 nitrogen and oxygen atoms in total. The van der Waals surface area contributed by atoms with Crippen molar-refractivity contribution in [3.05, 3.63) is 0 Å². The lowest BCUT2D eigenvalue weighted by atomic mass is 9.69. The second-order valence-electron chi connectivity index (χ2n) is 5.90. The van der Waals surface area contributed by atoms with Crippen LogP contribution in [0.15, 0.2) is 0 Å². The number of likely N-dealkylation sites (tertiary alicyclic amines) is 1. The van der Waals surface area contributed by atoms with Gasteiger partial charge in [-0.25, -0.2) is 0 Å². The Morgan fingerprint density at radius 2 is 2.12 bits per heavy atom. The van der Waals surface area contributed by atoms with Crippen LogP contribution in [0, 0.1) is 17.8 Å². The van der Waals surface area contributed by atoms with Crippen LogP contribution >= 0.6 is 0 Å². The summed E-state index contributed by atoms with van der Waals surface area (Å²) >= 11 is 0. The molecule has 2 fully saturated rings. The van der Waals surface area contributed by atoms with Gasteiger partial charge in [-0.2, -0.15) is 0 Å². The van der Waals surface area contributed by atoms with Crippen molar-refractivity contribution in [1.29, 1.82) is 0 Å². The number of nitrogens with zero attached hydrogens (tertiary/aromatic N) is 1. The molecule has 1 saturated heterocycles. The standard InChI is InChI=1S/C13H24N2O/c1-9(2)11-6-10(7-11)8-15-5-3-4-12(15)13(14)16/h9-12H,3-8H2,1-2H3,(H2,14,16)/t10-,11+,12-/m0/s1. The first-order chi connectivity index (χ1) is 7.58. The lowest BCUT2D eigenvalue weighted by Crippen LogP contribution is -2.45. The number of primary amides is 1. The number of carbonyl (C=O) groups excluding carboxylic acids is 1. The molecule has 1 aliphatic carbocycles. The molecule has 1 heterocycles. The summed E-state index contributed by atoms with van der Waals surface area (Å²) in [5.41, 5.74) is 5.42. The molecule has 1 saturated carbocycles. The van der Waals surface area contributed by atoms with Crippen LogP contribution < -0.4 is 5.73 Å². The average molecular weight is 224 g/mol. The topological polar surface area (TPSA) is 46.3 Å². The van der Waals surface area contributed by atoms with Crippen molar-refractivity contribution in [2.45, 2.75) is 45.6 Å². The van der Waals surface area contributed by atoms with Crippen LogP contribution in [0.2, 0.25) is 0 Å². The van der Waals surface area contributed by atoms with E-state index in [1.807, 2.05) is 0 Å². The average Bonchev–Trinajstić information content (AvgIpc) is 2.57. The van der Waals surface area contributed by atoms with Crippen LogP contribution in [0.4, 0.5) is 0 Å². The van der Waals surface area contributed by atoms with Crippen molar-refractivity contribution in [1.82, 2.24) is 4.90 Å². The maximum Gasteiger partial charge on any atom is 0.234 e. The van der Waals surface area contributed by atoms with E-state index in [2.05, 4.69) is 18.7 Å². The van der Waals surface area contributed by atoms with E-state index in [1.54, 1.807) is 0 Å². The van der Waals surface area contributed by atoms with Crippen molar-refractivity contribution < 1.29 is 4.79 Å². The predicted molar refractivity (Wildman–Crippen MR) is 64.8 cm³/mol. The molecular formula is C13H24N2O. The maximum atomic E-state index is 11.3. The van der Waals surface area contributed by atoms with Gasteiger partial charge in [-0.1, -0.05) is 13.8 Å². The number of rotatable bonds is 4. The van der Waals surface area contributed by atoms with Crippen molar-refractivity contribution >= 4 is 5.91 Å². The van der Waals surface area contributed by atoms with Crippen molar-refractivity contribution in [2.24, 2.45) is 23.5 Å². The van der Waals surface area contributed by atoms with Crippen LogP contribution in [0.1, 0.15) is 39.5 Å². The van der Waals surface area contributed by atoms with E-state index in [0.29, 0.717) is 0 Å². The third-order valence-corrected chi connectivity index (χ3v) is 4.40. The summed E-state index contributed by atoms with van der Waals surface area (Å²) in [5.74, 6) is 2.42. The zero-order valence-electron chi connectivity index (χ0n) is 10.5. The Hall–Kier alpha value is -0.570. The Morgan fingerprint density at radius 1 is 1.44 bits per heavy atom. The van der Waals surface area contributed by atoms with Crippen LogP contribution in [0.3, 0.4) is 0 Å². The molecule has 0 aromatic heterocycles. The molecule has 0 unspecified atom stereocenters. The highest BCUT2D eigenvalue weighted by molar-refractivity contribution is 5.80. The van der Waals surface area contributed by atoms with Crippen LogP contribution in [-0.2, 0) is 4.79 Å². The van der Waals surface area contributed by atoms with Crippen LogP contribution in [-0.4, -0.2) is 29.9 Å². The quantitative estimate of drug-likeness (QED) is 0.788. The van der Waals surface area contributed by atoms with E-state index < -0.39 is 0 Å². The van der Waals surface area contributed by atoms with Gasteiger partial charge in [-0.15, -0.1) is 0 Å². The summed E-state index contributed by atoms with van der Waals surface area (Å²) in [6.45, 7) is 6.78. The molecule has 0 spiro atoms. The molecule has 2 N–H and O–H groups in total. The highest BCUT2D eigenvalue weighted by Crippen LogP contribution is 2.39. The minimum atomic E-state index is -0.128. The van der Waals surface area contributed by atoms with E-state index >= 15 is 0 Å². The third-order valence-electron chi connectivity index (χ3n) is 4.40. The molecule has 0 aromatic rings. The Labute approximate surface area is 98.4 Å². The number of nitrogens with two attached hydrogens (primary N) is 1. The van der Waals surface area contributed by atoms with E-state index in [9.17, 15) is 4.79 Å². The fourth-order valence-electron chi connectivity index (χ4n) is 3.18. The van der Waals surface area contributed by atoms with E-state index in [4.69, 9.17) is 5.73 Å². The van der Waals surface area contributed by atoms with Crippen LogP contribution in [0.25, 0.3) is 0 Å². The van der Waals surface area contributed by atoms with Crippen molar-refractivity contribution in [2.75, 3.05) is 13.1 Å².